The van der Waals surface area contributed by atoms with Gasteiger partial charge in [-0.15, -0.1) is 0 Å². The number of nitrogens with zero attached hydrogens (tertiary/aromatic N) is 4. The molecule has 11 nitrogen and oxygen atoms in total. The van der Waals surface area contributed by atoms with E-state index in [2.05, 4.69) is 29.4 Å². The second kappa shape index (κ2) is 13.3. The minimum absolute atomic E-state index is 0.0519. The summed E-state index contributed by atoms with van der Waals surface area (Å²) >= 11 is 1.44. The molecule has 4 atom stereocenters. The van der Waals surface area contributed by atoms with Crippen LogP contribution in [0.25, 0.3) is 15.8 Å². The lowest BCUT2D eigenvalue weighted by Gasteiger charge is -2.64. The lowest BCUT2D eigenvalue weighted by Crippen LogP contribution is -2.65. The van der Waals surface area contributed by atoms with Crippen LogP contribution in [0.4, 0.5) is 10.9 Å². The number of benzene rings is 2. The number of hydrogen-bond donors (Lipinski definition) is 4. The Bertz CT molecular complexity index is 2150. The Hall–Kier alpha value is -4.22. The molecule has 5 N–H and O–H groups in total. The quantitative estimate of drug-likeness (QED) is 0.0787. The number of pyridine rings is 1. The van der Waals surface area contributed by atoms with Crippen LogP contribution in [0.15, 0.2) is 65.8 Å². The minimum atomic E-state index is -1.18. The number of carboxylic acids is 1. The van der Waals surface area contributed by atoms with E-state index < -0.39 is 13.2 Å². The van der Waals surface area contributed by atoms with E-state index in [1.54, 1.807) is 6.07 Å². The molecule has 1 saturated carbocycles. The summed E-state index contributed by atoms with van der Waals surface area (Å²) in [6.07, 6.45) is 9.02. The van der Waals surface area contributed by atoms with Crippen LogP contribution in [0.2, 0.25) is 0 Å². The molecule has 5 aliphatic rings. The number of hydroxylamine groups is 1. The first-order valence-corrected chi connectivity index (χ1v) is 21.8. The van der Waals surface area contributed by atoms with Crippen molar-refractivity contribution in [3.05, 3.63) is 88.7 Å². The van der Waals surface area contributed by atoms with E-state index in [1.165, 1.54) is 29.9 Å². The van der Waals surface area contributed by atoms with Gasteiger partial charge in [-0.25, -0.2) is 20.2 Å². The van der Waals surface area contributed by atoms with Crippen molar-refractivity contribution in [2.24, 2.45) is 21.6 Å². The summed E-state index contributed by atoms with van der Waals surface area (Å²) in [6.45, 7) is 8.56. The number of thiazole rings is 1. The number of carboxylic acid groups (broad SMARTS) is 1. The first kappa shape index (κ1) is 35.8. The molecule has 4 aromatic rings. The van der Waals surface area contributed by atoms with E-state index in [4.69, 9.17) is 20.5 Å². The fourth-order valence-electron chi connectivity index (χ4n) is 10.8. The third kappa shape index (κ3) is 6.64. The average molecular weight is 753 g/mol. The highest BCUT2D eigenvalue weighted by Crippen LogP contribution is 2.78. The van der Waals surface area contributed by atoms with E-state index >= 15 is 0 Å². The maximum absolute atomic E-state index is 13.6. The molecular weight excluding hydrogens is 706 g/mol. The molecule has 4 aliphatic heterocycles. The van der Waals surface area contributed by atoms with Gasteiger partial charge in [0.05, 0.1) is 28.7 Å². The van der Waals surface area contributed by atoms with Gasteiger partial charge in [-0.2, -0.15) is 0 Å². The van der Waals surface area contributed by atoms with E-state index in [-0.39, 0.29) is 28.0 Å². The highest BCUT2D eigenvalue weighted by molar-refractivity contribution is 7.75. The lowest BCUT2D eigenvalue weighted by atomic mass is 9.58. The van der Waals surface area contributed by atoms with Crippen LogP contribution < -0.4 is 21.4 Å². The highest BCUT2D eigenvalue weighted by Gasteiger charge is 2.70. The van der Waals surface area contributed by atoms with E-state index in [1.807, 2.05) is 67.4 Å². The molecule has 0 spiro atoms. The van der Waals surface area contributed by atoms with Crippen LogP contribution >= 0.6 is 18.6 Å². The number of nitrogens with one attached hydrogen (secondary N) is 2. The fraction of sp³-hybridized carbons (Fsp3) is 0.425. The predicted molar refractivity (Wildman–Crippen MR) is 215 cm³/mol. The topological polar surface area (TPSA) is 155 Å². The van der Waals surface area contributed by atoms with Crippen molar-refractivity contribution in [1.82, 2.24) is 15.4 Å². The Morgan fingerprint density at radius 2 is 1.91 bits per heavy atom. The van der Waals surface area contributed by atoms with Gasteiger partial charge in [0.25, 0.3) is 5.91 Å². The number of fused-ring (bicyclic) bond motifs is 2. The number of carbonyl (C=O) groups is 2. The molecule has 276 valence electrons. The van der Waals surface area contributed by atoms with Gasteiger partial charge < -0.3 is 15.7 Å². The predicted octanol–water partition coefficient (Wildman–Crippen LogP) is 6.71. The molecule has 2 aromatic carbocycles. The number of rotatable bonds is 10. The van der Waals surface area contributed by atoms with Crippen LogP contribution in [0.3, 0.4) is 0 Å². The fourth-order valence-corrected chi connectivity index (χ4v) is 17.7. The number of nitrogens with two attached hydrogens (primary N) is 1. The number of amides is 1. The Morgan fingerprint density at radius 3 is 2.66 bits per heavy atom. The third-order valence-corrected chi connectivity index (χ3v) is 16.9. The van der Waals surface area contributed by atoms with Gasteiger partial charge in [0.1, 0.15) is 11.4 Å². The number of para-hydroxylation sites is 1. The summed E-state index contributed by atoms with van der Waals surface area (Å²) in [6, 6.07) is 17.2. The maximum Gasteiger partial charge on any atom is 0.355 e. The summed E-state index contributed by atoms with van der Waals surface area (Å²) in [7, 11) is 0.686. The Labute approximate surface area is 314 Å². The zero-order valence-electron chi connectivity index (χ0n) is 30.7. The summed E-state index contributed by atoms with van der Waals surface area (Å²) < 4.78 is 1.00. The Morgan fingerprint density at radius 1 is 1.08 bits per heavy atom. The normalized spacial score (nSPS) is 28.0. The van der Waals surface area contributed by atoms with Crippen molar-refractivity contribution in [2.45, 2.75) is 51.7 Å². The highest BCUT2D eigenvalue weighted by atomic mass is 32.1. The molecule has 53 heavy (non-hydrogen) atoms. The summed E-state index contributed by atoms with van der Waals surface area (Å²) in [5.41, 5.74) is 14.4. The van der Waals surface area contributed by atoms with Crippen molar-refractivity contribution < 1.29 is 19.5 Å². The third-order valence-electron chi connectivity index (χ3n) is 11.7. The van der Waals surface area contributed by atoms with Crippen LogP contribution in [0.1, 0.15) is 70.6 Å². The van der Waals surface area contributed by atoms with Crippen LogP contribution in [-0.4, -0.2) is 83.6 Å². The number of aromatic nitrogens is 2. The van der Waals surface area contributed by atoms with Gasteiger partial charge in [-0.1, -0.05) is 42.5 Å². The van der Waals surface area contributed by atoms with E-state index in [0.29, 0.717) is 59.4 Å². The van der Waals surface area contributed by atoms with Gasteiger partial charge in [0.15, 0.2) is 10.8 Å². The molecule has 2 aromatic heterocycles. The second-order valence-corrected chi connectivity index (χ2v) is 21.6. The molecule has 9 rings (SSSR count). The summed E-state index contributed by atoms with van der Waals surface area (Å²) in [4.78, 5) is 49.1. The molecule has 0 radical (unpaired) electrons. The molecule has 1 aliphatic carbocycles. The number of allylic oxidation sites excluding steroid dienone is 1. The van der Waals surface area contributed by atoms with Gasteiger partial charge in [0.2, 0.25) is 0 Å². The molecular formula is C40H47N7O4PS+. The number of carbonyl (C=O) groups excluding carboxylic acids is 1. The van der Waals surface area contributed by atoms with Gasteiger partial charge in [0, 0.05) is 80.1 Å². The molecule has 13 heteroatoms. The minimum Gasteiger partial charge on any atom is -0.476 e. The van der Waals surface area contributed by atoms with Gasteiger partial charge in [-0.05, 0) is 74.1 Å². The Balaban J connectivity index is 1.03. The zero-order chi connectivity index (χ0) is 37.2. The first-order chi connectivity index (χ1) is 25.3. The zero-order valence-corrected chi connectivity index (χ0v) is 32.4. The van der Waals surface area contributed by atoms with E-state index in [9.17, 15) is 14.7 Å². The van der Waals surface area contributed by atoms with Gasteiger partial charge in [-0.3, -0.25) is 19.9 Å². The molecule has 4 fully saturated rings. The largest absolute Gasteiger partial charge is 0.476 e. The summed E-state index contributed by atoms with van der Waals surface area (Å²) in [5.74, 6) is -0.841. The van der Waals surface area contributed by atoms with Crippen molar-refractivity contribution >= 4 is 62.9 Å². The summed E-state index contributed by atoms with van der Waals surface area (Å²) in [5, 5.41) is 14.0. The molecule has 6 heterocycles. The average Bonchev–Trinajstić information content (AvgIpc) is 3.51. The van der Waals surface area contributed by atoms with Crippen LogP contribution in [0, 0.1) is 10.8 Å². The number of hydrogen-bond acceptors (Lipinski definition) is 10. The SMILES string of the molecule is CNOC12CC3(C)CC(CN=C(C)C(=CN)c4ccc(N5CCc6cccc(C(=O)Nc7nc8ccccc8s7)c6C5)nc4C(=O)O)(C1)C[P+](C)(C3)C2. The van der Waals surface area contributed by atoms with Crippen LogP contribution in [-0.2, 0) is 17.8 Å². The monoisotopic (exact) mass is 752 g/mol. The van der Waals surface area contributed by atoms with Gasteiger partial charge >= 0.3 is 5.97 Å². The first-order valence-electron chi connectivity index (χ1n) is 18.2. The number of anilines is 2. The number of aromatic carboxylic acids is 1. The van der Waals surface area contributed by atoms with Crippen LogP contribution in [0.5, 0.6) is 0 Å². The smallest absolute Gasteiger partial charge is 0.355 e. The van der Waals surface area contributed by atoms with Crippen molar-refractivity contribution in [3.8, 4) is 0 Å². The standard InChI is InChI=1S/C40H46N7O4PS/c1-25(43-21-39-18-38(2)19-40(20-39,51-42-3)24-52(4,22-38)23-39)29(16-41)27-12-13-33(45-34(27)36(49)50)47-15-14-26-8-7-9-28(30(26)17-47)35(48)46-37-44-31-10-5-6-11-32(31)53-37/h5-13,16,42H,14-15,17-24H2,1-4H3,(H3-,41,43,44,46,48,49,50)/p+1. The van der Waals surface area contributed by atoms with Crippen molar-refractivity contribution in [3.63, 3.8) is 0 Å². The second-order valence-electron chi connectivity index (χ2n) is 16.3. The molecule has 1 amide bonds. The van der Waals surface area contributed by atoms with Crippen molar-refractivity contribution in [1.29, 1.82) is 0 Å². The van der Waals surface area contributed by atoms with E-state index in [0.717, 1.165) is 46.8 Å². The Kier molecular flexibility index (Phi) is 8.96. The molecule has 3 saturated heterocycles. The number of aliphatic imine (C=N–C) groups is 1. The molecule has 4 unspecified atom stereocenters. The maximum atomic E-state index is 13.6. The molecule has 4 bridgehead atoms. The van der Waals surface area contributed by atoms with Crippen molar-refractivity contribution in [2.75, 3.05) is 55.5 Å². The lowest BCUT2D eigenvalue weighted by molar-refractivity contribution is -0.163.